The van der Waals surface area contributed by atoms with E-state index in [0.717, 1.165) is 41.6 Å². The van der Waals surface area contributed by atoms with Gasteiger partial charge in [0.1, 0.15) is 17.1 Å². The van der Waals surface area contributed by atoms with Crippen molar-refractivity contribution in [3.63, 3.8) is 0 Å². The second-order valence-electron chi connectivity index (χ2n) is 9.36. The van der Waals surface area contributed by atoms with Crippen LogP contribution in [-0.2, 0) is 4.79 Å². The minimum atomic E-state index is -0.356. The van der Waals surface area contributed by atoms with Gasteiger partial charge >= 0.3 is 0 Å². The van der Waals surface area contributed by atoms with Crippen molar-refractivity contribution in [2.24, 2.45) is 11.7 Å². The molecule has 36 heavy (non-hydrogen) atoms. The molecule has 2 fully saturated rings. The van der Waals surface area contributed by atoms with Crippen molar-refractivity contribution in [1.29, 1.82) is 0 Å². The Morgan fingerprint density at radius 2 is 1.75 bits per heavy atom. The van der Waals surface area contributed by atoms with Gasteiger partial charge in [0, 0.05) is 48.9 Å². The Morgan fingerprint density at radius 3 is 2.50 bits per heavy atom. The summed E-state index contributed by atoms with van der Waals surface area (Å²) < 4.78 is 5.49. The molecule has 2 aliphatic rings. The third-order valence-corrected chi connectivity index (χ3v) is 8.11. The highest BCUT2D eigenvalue weighted by Crippen LogP contribution is 2.32. The number of ether oxygens (including phenoxy) is 1. The number of fused-ring (bicyclic) bond motifs is 1. The summed E-state index contributed by atoms with van der Waals surface area (Å²) >= 11 is 1.49. The molecule has 3 aromatic rings. The number of nitrogens with zero attached hydrogens (tertiary/aromatic N) is 4. The quantitative estimate of drug-likeness (QED) is 0.567. The van der Waals surface area contributed by atoms with E-state index in [4.69, 9.17) is 10.5 Å². The Balaban J connectivity index is 1.22. The number of amides is 3. The topological polar surface area (TPSA) is 119 Å². The molecule has 0 saturated carbocycles. The Labute approximate surface area is 213 Å². The van der Waals surface area contributed by atoms with Crippen LogP contribution in [0.3, 0.4) is 0 Å². The molecule has 10 heteroatoms. The molecule has 1 unspecified atom stereocenters. The van der Waals surface area contributed by atoms with Gasteiger partial charge < -0.3 is 20.3 Å². The Morgan fingerprint density at radius 1 is 1.00 bits per heavy atom. The van der Waals surface area contributed by atoms with Crippen LogP contribution in [0.4, 0.5) is 0 Å². The number of primary amides is 1. The first kappa shape index (κ1) is 24.2. The Bertz CT molecular complexity index is 1300. The van der Waals surface area contributed by atoms with Crippen LogP contribution in [0, 0.1) is 5.92 Å². The molecule has 2 aromatic heterocycles. The maximum absolute atomic E-state index is 13.2. The predicted octanol–water partition coefficient (Wildman–Crippen LogP) is 3.06. The number of methoxy groups -OCH3 is 1. The number of piperidine rings is 2. The largest absolute Gasteiger partial charge is 0.496 e. The third-order valence-electron chi connectivity index (χ3n) is 7.10. The molecule has 5 rings (SSSR count). The summed E-state index contributed by atoms with van der Waals surface area (Å²) in [5.74, 6) is -0.0760. The monoisotopic (exact) mass is 507 g/mol. The molecular formula is C26H29N5O4S. The minimum Gasteiger partial charge on any atom is -0.496 e. The summed E-state index contributed by atoms with van der Waals surface area (Å²) in [4.78, 5) is 50.4. The standard InChI is InChI=1S/C26H29N5O4S/c1-35-22-13-20(28-19-7-3-2-6-18(19)22)25(33)30-11-8-16(9-12-30)24-29-21(15-36-24)26(34)31-10-4-5-17(14-31)23(27)32/h2-3,6-7,13,15-17H,4-5,8-12,14H2,1H3,(H2,27,32). The molecule has 3 amide bonds. The van der Waals surface area contributed by atoms with Gasteiger partial charge in [0.25, 0.3) is 11.8 Å². The number of carbonyl (C=O) groups excluding carboxylic acids is 3. The van der Waals surface area contributed by atoms with E-state index in [-0.39, 0.29) is 29.6 Å². The first-order valence-electron chi connectivity index (χ1n) is 12.2. The van der Waals surface area contributed by atoms with Gasteiger partial charge in [0.05, 0.1) is 23.6 Å². The van der Waals surface area contributed by atoms with Crippen LogP contribution >= 0.6 is 11.3 Å². The van der Waals surface area contributed by atoms with Crippen LogP contribution < -0.4 is 10.5 Å². The number of aromatic nitrogens is 2. The summed E-state index contributed by atoms with van der Waals surface area (Å²) in [5.41, 5.74) is 6.98. The lowest BCUT2D eigenvalue weighted by Gasteiger charge is -2.31. The lowest BCUT2D eigenvalue weighted by atomic mass is 9.97. The Hall–Kier alpha value is -3.53. The fourth-order valence-corrected chi connectivity index (χ4v) is 6.01. The highest BCUT2D eigenvalue weighted by atomic mass is 32.1. The van der Waals surface area contributed by atoms with Crippen LogP contribution in [0.1, 0.15) is 57.6 Å². The van der Waals surface area contributed by atoms with E-state index in [1.165, 1.54) is 11.3 Å². The van der Waals surface area contributed by atoms with Crippen molar-refractivity contribution < 1.29 is 19.1 Å². The highest BCUT2D eigenvalue weighted by Gasteiger charge is 2.31. The molecule has 2 saturated heterocycles. The zero-order valence-electron chi connectivity index (χ0n) is 20.2. The molecular weight excluding hydrogens is 478 g/mol. The first-order chi connectivity index (χ1) is 17.4. The number of carbonyl (C=O) groups is 3. The number of pyridine rings is 1. The van der Waals surface area contributed by atoms with E-state index in [9.17, 15) is 14.4 Å². The van der Waals surface area contributed by atoms with E-state index in [0.29, 0.717) is 43.3 Å². The highest BCUT2D eigenvalue weighted by molar-refractivity contribution is 7.09. The molecule has 2 N–H and O–H groups in total. The van der Waals surface area contributed by atoms with E-state index in [1.807, 2.05) is 29.2 Å². The maximum Gasteiger partial charge on any atom is 0.273 e. The summed E-state index contributed by atoms with van der Waals surface area (Å²) in [7, 11) is 1.59. The zero-order valence-corrected chi connectivity index (χ0v) is 21.0. The lowest BCUT2D eigenvalue weighted by molar-refractivity contribution is -0.123. The van der Waals surface area contributed by atoms with Crippen molar-refractivity contribution >= 4 is 40.0 Å². The van der Waals surface area contributed by atoms with Crippen molar-refractivity contribution in [1.82, 2.24) is 19.8 Å². The number of hydrogen-bond acceptors (Lipinski definition) is 7. The fraction of sp³-hybridized carbons (Fsp3) is 0.423. The molecule has 9 nitrogen and oxygen atoms in total. The van der Waals surface area contributed by atoms with Crippen molar-refractivity contribution in [3.8, 4) is 5.75 Å². The Kier molecular flexibility index (Phi) is 6.86. The van der Waals surface area contributed by atoms with Crippen LogP contribution in [-0.4, -0.2) is 70.8 Å². The maximum atomic E-state index is 13.2. The summed E-state index contributed by atoms with van der Waals surface area (Å²) in [6, 6.07) is 9.32. The lowest BCUT2D eigenvalue weighted by Crippen LogP contribution is -2.44. The summed E-state index contributed by atoms with van der Waals surface area (Å²) in [6.45, 7) is 2.16. The van der Waals surface area contributed by atoms with Gasteiger partial charge in [-0.25, -0.2) is 9.97 Å². The summed E-state index contributed by atoms with van der Waals surface area (Å²) in [5, 5.41) is 3.59. The molecule has 1 aromatic carbocycles. The third kappa shape index (κ3) is 4.77. The van der Waals surface area contributed by atoms with Gasteiger partial charge in [-0.1, -0.05) is 12.1 Å². The van der Waals surface area contributed by atoms with Gasteiger partial charge in [0.2, 0.25) is 5.91 Å². The molecule has 1 atom stereocenters. The van der Waals surface area contributed by atoms with E-state index in [1.54, 1.807) is 23.5 Å². The van der Waals surface area contributed by atoms with E-state index >= 15 is 0 Å². The second kappa shape index (κ2) is 10.2. The van der Waals surface area contributed by atoms with E-state index in [2.05, 4.69) is 9.97 Å². The number of para-hydroxylation sites is 1. The van der Waals surface area contributed by atoms with Crippen LogP contribution in [0.2, 0.25) is 0 Å². The SMILES string of the molecule is COc1cc(C(=O)N2CCC(c3nc(C(=O)N4CCCC(C(N)=O)C4)cs3)CC2)nc2ccccc12. The predicted molar refractivity (Wildman–Crippen MR) is 136 cm³/mol. The molecule has 0 aliphatic carbocycles. The van der Waals surface area contributed by atoms with Crippen molar-refractivity contribution in [2.45, 2.75) is 31.6 Å². The zero-order chi connectivity index (χ0) is 25.2. The van der Waals surface area contributed by atoms with Crippen molar-refractivity contribution in [2.75, 3.05) is 33.3 Å². The molecule has 188 valence electrons. The van der Waals surface area contributed by atoms with Crippen molar-refractivity contribution in [3.05, 3.63) is 52.1 Å². The second-order valence-corrected chi connectivity index (χ2v) is 10.2. The smallest absolute Gasteiger partial charge is 0.273 e. The minimum absolute atomic E-state index is 0.110. The van der Waals surface area contributed by atoms with E-state index < -0.39 is 0 Å². The molecule has 0 radical (unpaired) electrons. The normalized spacial score (nSPS) is 18.9. The number of benzene rings is 1. The van der Waals surface area contributed by atoms with Gasteiger partial charge in [-0.15, -0.1) is 11.3 Å². The molecule has 4 heterocycles. The van der Waals surface area contributed by atoms with Crippen LogP contribution in [0.5, 0.6) is 5.75 Å². The number of thiazole rings is 1. The molecule has 2 aliphatic heterocycles. The van der Waals surface area contributed by atoms with Gasteiger partial charge in [-0.05, 0) is 37.8 Å². The summed E-state index contributed by atoms with van der Waals surface area (Å²) in [6.07, 6.45) is 3.02. The average molecular weight is 508 g/mol. The van der Waals surface area contributed by atoms with Gasteiger partial charge in [-0.2, -0.15) is 0 Å². The fourth-order valence-electron chi connectivity index (χ4n) is 5.04. The molecule has 0 bridgehead atoms. The number of rotatable bonds is 5. The van der Waals surface area contributed by atoms with Gasteiger partial charge in [0.15, 0.2) is 0 Å². The number of likely N-dealkylation sites (tertiary alicyclic amines) is 2. The van der Waals surface area contributed by atoms with Crippen LogP contribution in [0.25, 0.3) is 10.9 Å². The first-order valence-corrected chi connectivity index (χ1v) is 13.1. The average Bonchev–Trinajstić information content (AvgIpc) is 3.42. The van der Waals surface area contributed by atoms with Crippen LogP contribution in [0.15, 0.2) is 35.7 Å². The molecule has 0 spiro atoms. The van der Waals surface area contributed by atoms with Gasteiger partial charge in [-0.3, -0.25) is 14.4 Å². The number of nitrogens with two attached hydrogens (primary N) is 1. The number of hydrogen-bond donors (Lipinski definition) is 1.